The van der Waals surface area contributed by atoms with Gasteiger partial charge in [0.15, 0.2) is 0 Å². The Kier molecular flexibility index (Phi) is 3.66. The zero-order valence-corrected chi connectivity index (χ0v) is 10.0. The van der Waals surface area contributed by atoms with Crippen molar-refractivity contribution >= 4 is 5.69 Å². The number of anilines is 1. The lowest BCUT2D eigenvalue weighted by Crippen LogP contribution is -2.02. The molecule has 0 aromatic heterocycles. The Bertz CT molecular complexity index is 480. The van der Waals surface area contributed by atoms with Crippen LogP contribution in [0, 0.1) is 6.92 Å². The van der Waals surface area contributed by atoms with E-state index in [1.54, 1.807) is 0 Å². The van der Waals surface area contributed by atoms with Gasteiger partial charge in [-0.05, 0) is 24.1 Å². The smallest absolute Gasteiger partial charge is 0.121 e. The van der Waals surface area contributed by atoms with Crippen molar-refractivity contribution < 1.29 is 4.74 Å². The molecule has 0 fully saturated rings. The lowest BCUT2D eigenvalue weighted by atomic mass is 10.2. The summed E-state index contributed by atoms with van der Waals surface area (Å²) in [4.78, 5) is 0. The van der Waals surface area contributed by atoms with Crippen molar-refractivity contribution in [2.45, 2.75) is 13.3 Å². The highest BCUT2D eigenvalue weighted by Crippen LogP contribution is 2.19. The molecule has 0 aliphatic carbocycles. The van der Waals surface area contributed by atoms with E-state index in [9.17, 15) is 0 Å². The SMILES string of the molecule is Cc1ccc(OCCc2ccccc2)cc1N. The van der Waals surface area contributed by atoms with Crippen LogP contribution in [-0.4, -0.2) is 6.61 Å². The van der Waals surface area contributed by atoms with Crippen molar-refractivity contribution in [2.75, 3.05) is 12.3 Å². The number of hydrogen-bond acceptors (Lipinski definition) is 2. The highest BCUT2D eigenvalue weighted by molar-refractivity contribution is 5.50. The molecular formula is C15H17NO. The van der Waals surface area contributed by atoms with E-state index in [0.717, 1.165) is 23.4 Å². The average molecular weight is 227 g/mol. The Morgan fingerprint density at radius 2 is 1.82 bits per heavy atom. The number of nitrogens with two attached hydrogens (primary N) is 1. The summed E-state index contributed by atoms with van der Waals surface area (Å²) in [6, 6.07) is 16.1. The van der Waals surface area contributed by atoms with Gasteiger partial charge in [0.25, 0.3) is 0 Å². The van der Waals surface area contributed by atoms with Crippen molar-refractivity contribution in [1.29, 1.82) is 0 Å². The topological polar surface area (TPSA) is 35.2 Å². The van der Waals surface area contributed by atoms with Crippen LogP contribution < -0.4 is 10.5 Å². The van der Waals surface area contributed by atoms with E-state index in [1.807, 2.05) is 43.3 Å². The predicted octanol–water partition coefficient (Wildman–Crippen LogP) is 3.20. The first-order valence-corrected chi connectivity index (χ1v) is 5.78. The molecule has 0 spiro atoms. The number of nitrogen functional groups attached to an aromatic ring is 1. The van der Waals surface area contributed by atoms with E-state index >= 15 is 0 Å². The van der Waals surface area contributed by atoms with Gasteiger partial charge in [0.2, 0.25) is 0 Å². The minimum atomic E-state index is 0.673. The Labute approximate surface area is 102 Å². The molecule has 17 heavy (non-hydrogen) atoms. The van der Waals surface area contributed by atoms with Gasteiger partial charge in [-0.3, -0.25) is 0 Å². The Morgan fingerprint density at radius 1 is 1.06 bits per heavy atom. The van der Waals surface area contributed by atoms with Crippen LogP contribution >= 0.6 is 0 Å². The van der Waals surface area contributed by atoms with E-state index < -0.39 is 0 Å². The van der Waals surface area contributed by atoms with Gasteiger partial charge in [-0.15, -0.1) is 0 Å². The second-order valence-corrected chi connectivity index (χ2v) is 4.10. The van der Waals surface area contributed by atoms with E-state index in [0.29, 0.717) is 6.61 Å². The van der Waals surface area contributed by atoms with Gasteiger partial charge in [0.05, 0.1) is 6.61 Å². The third kappa shape index (κ3) is 3.25. The number of ether oxygens (including phenoxy) is 1. The molecular weight excluding hydrogens is 210 g/mol. The zero-order chi connectivity index (χ0) is 12.1. The van der Waals surface area contributed by atoms with Crippen molar-refractivity contribution in [3.05, 3.63) is 59.7 Å². The predicted molar refractivity (Wildman–Crippen MR) is 71.2 cm³/mol. The number of hydrogen-bond donors (Lipinski definition) is 1. The maximum Gasteiger partial charge on any atom is 0.121 e. The summed E-state index contributed by atoms with van der Waals surface area (Å²) in [6.45, 7) is 2.66. The summed E-state index contributed by atoms with van der Waals surface area (Å²) in [5.74, 6) is 0.837. The monoisotopic (exact) mass is 227 g/mol. The fourth-order valence-corrected chi connectivity index (χ4v) is 1.64. The van der Waals surface area contributed by atoms with Crippen LogP contribution in [0.4, 0.5) is 5.69 Å². The highest BCUT2D eigenvalue weighted by atomic mass is 16.5. The van der Waals surface area contributed by atoms with Gasteiger partial charge in [0, 0.05) is 18.2 Å². The summed E-state index contributed by atoms with van der Waals surface area (Å²) < 4.78 is 5.67. The summed E-state index contributed by atoms with van der Waals surface area (Å²) in [7, 11) is 0. The van der Waals surface area contributed by atoms with Crippen LogP contribution in [-0.2, 0) is 6.42 Å². The van der Waals surface area contributed by atoms with Crippen molar-refractivity contribution in [1.82, 2.24) is 0 Å². The molecule has 0 atom stereocenters. The zero-order valence-electron chi connectivity index (χ0n) is 10.0. The lowest BCUT2D eigenvalue weighted by Gasteiger charge is -2.08. The van der Waals surface area contributed by atoms with Crippen molar-refractivity contribution in [2.24, 2.45) is 0 Å². The van der Waals surface area contributed by atoms with E-state index in [4.69, 9.17) is 10.5 Å². The average Bonchev–Trinajstić information content (AvgIpc) is 2.35. The molecule has 2 N–H and O–H groups in total. The fourth-order valence-electron chi connectivity index (χ4n) is 1.64. The second-order valence-electron chi connectivity index (χ2n) is 4.10. The molecule has 0 radical (unpaired) electrons. The van der Waals surface area contributed by atoms with Crippen molar-refractivity contribution in [3.8, 4) is 5.75 Å². The maximum atomic E-state index is 5.82. The molecule has 2 nitrogen and oxygen atoms in total. The Hall–Kier alpha value is -1.96. The minimum Gasteiger partial charge on any atom is -0.493 e. The van der Waals surface area contributed by atoms with E-state index in [-0.39, 0.29) is 0 Å². The molecule has 0 amide bonds. The molecule has 2 aromatic rings. The Morgan fingerprint density at radius 3 is 2.53 bits per heavy atom. The summed E-state index contributed by atoms with van der Waals surface area (Å²) >= 11 is 0. The third-order valence-electron chi connectivity index (χ3n) is 2.75. The molecule has 0 aliphatic heterocycles. The summed E-state index contributed by atoms with van der Waals surface area (Å²) in [5, 5.41) is 0. The van der Waals surface area contributed by atoms with Gasteiger partial charge in [-0.25, -0.2) is 0 Å². The Balaban J connectivity index is 1.88. The van der Waals surface area contributed by atoms with Crippen molar-refractivity contribution in [3.63, 3.8) is 0 Å². The molecule has 2 aromatic carbocycles. The third-order valence-corrected chi connectivity index (χ3v) is 2.75. The first-order chi connectivity index (χ1) is 8.25. The lowest BCUT2D eigenvalue weighted by molar-refractivity contribution is 0.322. The molecule has 0 saturated carbocycles. The second kappa shape index (κ2) is 5.39. The number of benzene rings is 2. The first kappa shape index (κ1) is 11.5. The van der Waals surface area contributed by atoms with Crippen LogP contribution in [0.15, 0.2) is 48.5 Å². The van der Waals surface area contributed by atoms with Crippen LogP contribution in [0.25, 0.3) is 0 Å². The highest BCUT2D eigenvalue weighted by Gasteiger charge is 1.98. The minimum absolute atomic E-state index is 0.673. The normalized spacial score (nSPS) is 10.2. The summed E-state index contributed by atoms with van der Waals surface area (Å²) in [5.41, 5.74) is 8.97. The van der Waals surface area contributed by atoms with Gasteiger partial charge in [-0.1, -0.05) is 36.4 Å². The van der Waals surface area contributed by atoms with E-state index in [2.05, 4.69) is 12.1 Å². The van der Waals surface area contributed by atoms with Crippen LogP contribution in [0.1, 0.15) is 11.1 Å². The maximum absolute atomic E-state index is 5.82. The van der Waals surface area contributed by atoms with E-state index in [1.165, 1.54) is 5.56 Å². The molecule has 0 bridgehead atoms. The van der Waals surface area contributed by atoms with Crippen LogP contribution in [0.2, 0.25) is 0 Å². The molecule has 2 heteroatoms. The molecule has 2 rings (SSSR count). The molecule has 0 heterocycles. The number of rotatable bonds is 4. The molecule has 0 saturated heterocycles. The molecule has 0 aliphatic rings. The van der Waals surface area contributed by atoms with Gasteiger partial charge in [-0.2, -0.15) is 0 Å². The molecule has 0 unspecified atom stereocenters. The fraction of sp³-hybridized carbons (Fsp3) is 0.200. The van der Waals surface area contributed by atoms with Crippen LogP contribution in [0.3, 0.4) is 0 Å². The molecule has 88 valence electrons. The van der Waals surface area contributed by atoms with Crippen LogP contribution in [0.5, 0.6) is 5.75 Å². The van der Waals surface area contributed by atoms with Gasteiger partial charge >= 0.3 is 0 Å². The number of aryl methyl sites for hydroxylation is 1. The first-order valence-electron chi connectivity index (χ1n) is 5.78. The van der Waals surface area contributed by atoms with Gasteiger partial charge in [0.1, 0.15) is 5.75 Å². The summed E-state index contributed by atoms with van der Waals surface area (Å²) in [6.07, 6.45) is 0.911. The van der Waals surface area contributed by atoms with Gasteiger partial charge < -0.3 is 10.5 Å². The largest absolute Gasteiger partial charge is 0.493 e. The standard InChI is InChI=1S/C15H17NO/c1-12-7-8-14(11-15(12)16)17-10-9-13-5-3-2-4-6-13/h2-8,11H,9-10,16H2,1H3. The quantitative estimate of drug-likeness (QED) is 0.814.